The van der Waals surface area contributed by atoms with Crippen molar-refractivity contribution in [2.45, 2.75) is 6.61 Å². The second-order valence-electron chi connectivity index (χ2n) is 5.54. The molecule has 0 aliphatic rings. The Hall–Kier alpha value is -2.74. The number of thiocarbonyl (C=S) groups is 1. The maximum atomic E-state index is 12.1. The molecule has 2 N–H and O–H groups in total. The van der Waals surface area contributed by atoms with E-state index in [9.17, 15) is 4.79 Å². The Morgan fingerprint density at radius 1 is 1.11 bits per heavy atom. The highest BCUT2D eigenvalue weighted by Crippen LogP contribution is 2.22. The van der Waals surface area contributed by atoms with Crippen molar-refractivity contribution in [1.82, 2.24) is 15.3 Å². The third-order valence-electron chi connectivity index (χ3n) is 3.51. The summed E-state index contributed by atoms with van der Waals surface area (Å²) in [6.45, 7) is 0.198. The number of nitrogens with zero attached hydrogens (tertiary/aromatic N) is 2. The van der Waals surface area contributed by atoms with Crippen LogP contribution in [-0.4, -0.2) is 21.0 Å². The normalized spacial score (nSPS) is 10.2. The van der Waals surface area contributed by atoms with Crippen LogP contribution in [0.15, 0.2) is 60.9 Å². The van der Waals surface area contributed by atoms with Gasteiger partial charge >= 0.3 is 0 Å². The van der Waals surface area contributed by atoms with Gasteiger partial charge < -0.3 is 10.1 Å². The van der Waals surface area contributed by atoms with Gasteiger partial charge in [-0.05, 0) is 36.5 Å². The Morgan fingerprint density at radius 3 is 2.64 bits per heavy atom. The first-order chi connectivity index (χ1) is 13.5. The number of ether oxygens (including phenoxy) is 1. The molecule has 28 heavy (non-hydrogen) atoms. The summed E-state index contributed by atoms with van der Waals surface area (Å²) in [6, 6.07) is 13.9. The van der Waals surface area contributed by atoms with Gasteiger partial charge in [-0.25, -0.2) is 0 Å². The molecule has 0 radical (unpaired) electrons. The molecule has 142 valence electrons. The van der Waals surface area contributed by atoms with Crippen LogP contribution in [0.2, 0.25) is 10.0 Å². The lowest BCUT2D eigenvalue weighted by Gasteiger charge is -2.10. The molecule has 6 nitrogen and oxygen atoms in total. The number of aromatic nitrogens is 2. The molecule has 9 heteroatoms. The van der Waals surface area contributed by atoms with Gasteiger partial charge in [0.2, 0.25) is 5.88 Å². The van der Waals surface area contributed by atoms with Crippen molar-refractivity contribution < 1.29 is 9.53 Å². The van der Waals surface area contributed by atoms with Gasteiger partial charge in [0.1, 0.15) is 6.61 Å². The molecule has 0 atom stereocenters. The number of rotatable bonds is 5. The number of carbonyl (C=O) groups excluding carboxylic acids is 1. The number of halogens is 2. The molecular formula is C19H14Cl2N4O2S. The fraction of sp³-hybridized carbons (Fsp3) is 0.0526. The summed E-state index contributed by atoms with van der Waals surface area (Å²) < 4.78 is 5.61. The number of nitrogens with one attached hydrogen (secondary N) is 2. The summed E-state index contributed by atoms with van der Waals surface area (Å²) in [5.74, 6) is 0.280. The topological polar surface area (TPSA) is 76.1 Å². The second-order valence-corrected chi connectivity index (χ2v) is 6.79. The van der Waals surface area contributed by atoms with E-state index in [-0.39, 0.29) is 23.5 Å². The maximum Gasteiger partial charge on any atom is 0.257 e. The molecule has 1 heterocycles. The van der Waals surface area contributed by atoms with Crippen LogP contribution in [0.5, 0.6) is 5.88 Å². The number of hydrogen-bond donors (Lipinski definition) is 2. The SMILES string of the molecule is O=C(NC(=S)Nc1cncc(OCc2ccc(Cl)cc2Cl)n1)c1ccccc1. The summed E-state index contributed by atoms with van der Waals surface area (Å²) in [7, 11) is 0. The van der Waals surface area contributed by atoms with Crippen LogP contribution >= 0.6 is 35.4 Å². The number of amides is 1. The first kappa shape index (κ1) is 20.0. The van der Waals surface area contributed by atoms with Crippen LogP contribution in [0.4, 0.5) is 5.82 Å². The smallest absolute Gasteiger partial charge is 0.257 e. The molecule has 3 aromatic rings. The molecule has 3 rings (SSSR count). The number of benzene rings is 2. The molecule has 0 fully saturated rings. The van der Waals surface area contributed by atoms with Crippen molar-refractivity contribution in [3.8, 4) is 5.88 Å². The zero-order valence-corrected chi connectivity index (χ0v) is 16.7. The summed E-state index contributed by atoms with van der Waals surface area (Å²) in [5, 5.41) is 6.52. The minimum Gasteiger partial charge on any atom is -0.472 e. The Bertz CT molecular complexity index is 1000. The van der Waals surface area contributed by atoms with E-state index in [4.69, 9.17) is 40.2 Å². The Labute approximate surface area is 176 Å². The van der Waals surface area contributed by atoms with Gasteiger partial charge in [-0.1, -0.05) is 47.5 Å². The van der Waals surface area contributed by atoms with Crippen LogP contribution in [0.3, 0.4) is 0 Å². The highest BCUT2D eigenvalue weighted by atomic mass is 35.5. The number of carbonyl (C=O) groups is 1. The van der Waals surface area contributed by atoms with Gasteiger partial charge in [-0.3, -0.25) is 15.1 Å². The van der Waals surface area contributed by atoms with Crippen molar-refractivity contribution in [1.29, 1.82) is 0 Å². The molecule has 0 aliphatic carbocycles. The van der Waals surface area contributed by atoms with Gasteiger partial charge in [-0.15, -0.1) is 0 Å². The van der Waals surface area contributed by atoms with Gasteiger partial charge in [-0.2, -0.15) is 4.98 Å². The van der Waals surface area contributed by atoms with Crippen molar-refractivity contribution in [2.75, 3.05) is 5.32 Å². The molecule has 0 bridgehead atoms. The Morgan fingerprint density at radius 2 is 1.89 bits per heavy atom. The van der Waals surface area contributed by atoms with E-state index in [2.05, 4.69) is 20.6 Å². The van der Waals surface area contributed by atoms with Crippen molar-refractivity contribution >= 4 is 52.3 Å². The number of hydrogen-bond acceptors (Lipinski definition) is 5. The second kappa shape index (κ2) is 9.45. The third kappa shape index (κ3) is 5.63. The zero-order chi connectivity index (χ0) is 19.9. The first-order valence-electron chi connectivity index (χ1n) is 8.07. The first-order valence-corrected chi connectivity index (χ1v) is 9.24. The Kier molecular flexibility index (Phi) is 6.76. The van der Waals surface area contributed by atoms with E-state index in [0.717, 1.165) is 5.56 Å². The van der Waals surface area contributed by atoms with E-state index in [1.54, 1.807) is 42.5 Å². The molecule has 0 unspecified atom stereocenters. The lowest BCUT2D eigenvalue weighted by atomic mass is 10.2. The van der Waals surface area contributed by atoms with Crippen molar-refractivity contribution in [3.63, 3.8) is 0 Å². The van der Waals surface area contributed by atoms with Gasteiger partial charge in [0.05, 0.1) is 12.4 Å². The average Bonchev–Trinajstić information content (AvgIpc) is 2.68. The standard InChI is InChI=1S/C19H14Cl2N4O2S/c20-14-7-6-13(15(21)8-14)11-27-17-10-22-9-16(23-17)24-19(28)25-18(26)12-4-2-1-3-5-12/h1-10H,11H2,(H2,23,24,25,26,28). The van der Waals surface area contributed by atoms with Gasteiger partial charge in [0, 0.05) is 21.2 Å². The van der Waals surface area contributed by atoms with E-state index < -0.39 is 0 Å². The summed E-state index contributed by atoms with van der Waals surface area (Å²) >= 11 is 17.1. The summed E-state index contributed by atoms with van der Waals surface area (Å²) in [5.41, 5.74) is 1.26. The average molecular weight is 433 g/mol. The zero-order valence-electron chi connectivity index (χ0n) is 14.4. The minimum absolute atomic E-state index is 0.0982. The predicted molar refractivity (Wildman–Crippen MR) is 113 cm³/mol. The summed E-state index contributed by atoms with van der Waals surface area (Å²) in [6.07, 6.45) is 2.92. The molecular weight excluding hydrogens is 419 g/mol. The summed E-state index contributed by atoms with van der Waals surface area (Å²) in [4.78, 5) is 20.4. The molecule has 0 saturated carbocycles. The highest BCUT2D eigenvalue weighted by molar-refractivity contribution is 7.80. The van der Waals surface area contributed by atoms with E-state index in [1.807, 2.05) is 6.07 Å². The monoisotopic (exact) mass is 432 g/mol. The van der Waals surface area contributed by atoms with E-state index in [1.165, 1.54) is 12.4 Å². The van der Waals surface area contributed by atoms with Crippen LogP contribution < -0.4 is 15.4 Å². The number of anilines is 1. The maximum absolute atomic E-state index is 12.1. The highest BCUT2D eigenvalue weighted by Gasteiger charge is 2.09. The Balaban J connectivity index is 1.58. The molecule has 0 spiro atoms. The molecule has 1 aromatic heterocycles. The quantitative estimate of drug-likeness (QED) is 0.578. The largest absolute Gasteiger partial charge is 0.472 e. The lowest BCUT2D eigenvalue weighted by Crippen LogP contribution is -2.34. The predicted octanol–water partition coefficient (Wildman–Crippen LogP) is 4.49. The van der Waals surface area contributed by atoms with Crippen molar-refractivity contribution in [2.24, 2.45) is 0 Å². The van der Waals surface area contributed by atoms with E-state index >= 15 is 0 Å². The molecule has 2 aromatic carbocycles. The van der Waals surface area contributed by atoms with Crippen LogP contribution in [0.25, 0.3) is 0 Å². The fourth-order valence-electron chi connectivity index (χ4n) is 2.18. The van der Waals surface area contributed by atoms with Crippen LogP contribution in [0, 0.1) is 0 Å². The fourth-order valence-corrected chi connectivity index (χ4v) is 2.84. The van der Waals surface area contributed by atoms with Gasteiger partial charge in [0.15, 0.2) is 10.9 Å². The third-order valence-corrected chi connectivity index (χ3v) is 4.30. The lowest BCUT2D eigenvalue weighted by molar-refractivity contribution is 0.0977. The van der Waals surface area contributed by atoms with Crippen LogP contribution in [0.1, 0.15) is 15.9 Å². The molecule has 0 saturated heterocycles. The van der Waals surface area contributed by atoms with Crippen LogP contribution in [-0.2, 0) is 6.61 Å². The van der Waals surface area contributed by atoms with Gasteiger partial charge in [0.25, 0.3) is 5.91 Å². The minimum atomic E-state index is -0.323. The van der Waals surface area contributed by atoms with Crippen molar-refractivity contribution in [3.05, 3.63) is 82.1 Å². The molecule has 0 aliphatic heterocycles. The molecule has 1 amide bonds. The van der Waals surface area contributed by atoms with E-state index in [0.29, 0.717) is 21.4 Å².